The van der Waals surface area contributed by atoms with Gasteiger partial charge in [0.05, 0.1) is 23.1 Å². The third-order valence-electron chi connectivity index (χ3n) is 2.92. The van der Waals surface area contributed by atoms with Crippen molar-refractivity contribution in [3.8, 4) is 5.75 Å². The number of rotatable bonds is 6. The van der Waals surface area contributed by atoms with Crippen LogP contribution in [0.15, 0.2) is 28.4 Å². The largest absolute Gasteiger partial charge is 0.573 e. The molecule has 1 aromatic carbocycles. The van der Waals surface area contributed by atoms with Crippen molar-refractivity contribution < 1.29 is 37.5 Å². The fourth-order valence-corrected chi connectivity index (χ4v) is 2.85. The number of hydrogen-bond donors (Lipinski definition) is 2. The van der Waals surface area contributed by atoms with Gasteiger partial charge in [0.1, 0.15) is 5.25 Å². The van der Waals surface area contributed by atoms with Gasteiger partial charge >= 0.3 is 18.0 Å². The van der Waals surface area contributed by atoms with Gasteiger partial charge in [0.25, 0.3) is 0 Å². The van der Waals surface area contributed by atoms with Crippen molar-refractivity contribution in [2.45, 2.75) is 18.0 Å². The Morgan fingerprint density at radius 2 is 2.19 bits per heavy atom. The van der Waals surface area contributed by atoms with Crippen LogP contribution in [0.1, 0.15) is 12.0 Å². The molecule has 0 aliphatic carbocycles. The number of nitro benzene ring substituents is 1. The number of aliphatic carboxylic acids is 1. The SMILES string of the molecule is O=C(O)CC1SC(=NN=Cc2cccc(OC(F)(F)F)c2[N+](=O)[O-])NC1=O. The Labute approximate surface area is 152 Å². The van der Waals surface area contributed by atoms with Gasteiger partial charge in [-0.25, -0.2) is 0 Å². The maximum atomic E-state index is 12.4. The molecule has 1 amide bonds. The molecule has 1 fully saturated rings. The second-order valence-corrected chi connectivity index (χ2v) is 6.03. The molecule has 1 heterocycles. The van der Waals surface area contributed by atoms with E-state index in [2.05, 4.69) is 20.3 Å². The second-order valence-electron chi connectivity index (χ2n) is 4.84. The van der Waals surface area contributed by atoms with Crippen molar-refractivity contribution >= 4 is 40.7 Å². The van der Waals surface area contributed by atoms with Crippen LogP contribution in [0.5, 0.6) is 5.75 Å². The van der Waals surface area contributed by atoms with E-state index < -0.39 is 46.3 Å². The molecule has 2 rings (SSSR count). The number of amides is 1. The molecule has 0 radical (unpaired) electrons. The lowest BCUT2D eigenvalue weighted by Gasteiger charge is -2.09. The predicted octanol–water partition coefficient (Wildman–Crippen LogP) is 1.89. The molecular weight excluding hydrogens is 397 g/mol. The van der Waals surface area contributed by atoms with Crippen molar-refractivity contribution in [2.75, 3.05) is 0 Å². The van der Waals surface area contributed by atoms with E-state index in [0.29, 0.717) is 0 Å². The highest BCUT2D eigenvalue weighted by Gasteiger charge is 2.35. The Morgan fingerprint density at radius 1 is 1.48 bits per heavy atom. The number of benzene rings is 1. The number of para-hydroxylation sites is 1. The van der Waals surface area contributed by atoms with Crippen LogP contribution < -0.4 is 10.1 Å². The first-order chi connectivity index (χ1) is 12.6. The number of halogens is 3. The summed E-state index contributed by atoms with van der Waals surface area (Å²) in [5.74, 6) is -2.80. The number of nitrogens with zero attached hydrogens (tertiary/aromatic N) is 3. The normalized spacial score (nSPS) is 18.7. The zero-order valence-electron chi connectivity index (χ0n) is 13.0. The van der Waals surface area contributed by atoms with Crippen LogP contribution in [-0.4, -0.2) is 44.9 Å². The Kier molecular flexibility index (Phi) is 5.99. The number of thioether (sulfide) groups is 1. The number of carboxylic acid groups (broad SMARTS) is 1. The molecule has 27 heavy (non-hydrogen) atoms. The van der Waals surface area contributed by atoms with Crippen LogP contribution in [-0.2, 0) is 9.59 Å². The summed E-state index contributed by atoms with van der Waals surface area (Å²) in [7, 11) is 0. The number of carbonyl (C=O) groups is 2. The van der Waals surface area contributed by atoms with Gasteiger partial charge in [-0.15, -0.1) is 18.3 Å². The third-order valence-corrected chi connectivity index (χ3v) is 3.99. The van der Waals surface area contributed by atoms with Gasteiger partial charge in [-0.2, -0.15) is 5.10 Å². The van der Waals surface area contributed by atoms with Gasteiger partial charge in [0, 0.05) is 0 Å². The van der Waals surface area contributed by atoms with Gasteiger partial charge in [0.15, 0.2) is 5.17 Å². The molecule has 2 N–H and O–H groups in total. The molecule has 1 atom stereocenters. The van der Waals surface area contributed by atoms with Gasteiger partial charge in [0.2, 0.25) is 11.7 Å². The number of carboxylic acids is 1. The van der Waals surface area contributed by atoms with E-state index in [9.17, 15) is 32.9 Å². The first-order valence-corrected chi connectivity index (χ1v) is 7.78. The number of hydrogen-bond acceptors (Lipinski definition) is 8. The Hall–Kier alpha value is -3.16. The van der Waals surface area contributed by atoms with Crippen LogP contribution >= 0.6 is 11.8 Å². The van der Waals surface area contributed by atoms with Crippen molar-refractivity contribution in [1.29, 1.82) is 0 Å². The monoisotopic (exact) mass is 406 g/mol. The first-order valence-electron chi connectivity index (χ1n) is 6.90. The zero-order chi connectivity index (χ0) is 20.2. The molecule has 14 heteroatoms. The predicted molar refractivity (Wildman–Crippen MR) is 86.6 cm³/mol. The molecular formula is C13H9F3N4O6S. The lowest BCUT2D eigenvalue weighted by atomic mass is 10.2. The van der Waals surface area contributed by atoms with E-state index in [0.717, 1.165) is 36.2 Å². The van der Waals surface area contributed by atoms with Crippen molar-refractivity contribution in [3.63, 3.8) is 0 Å². The van der Waals surface area contributed by atoms with Crippen LogP contribution in [0.25, 0.3) is 0 Å². The molecule has 1 aliphatic rings. The van der Waals surface area contributed by atoms with Gasteiger partial charge < -0.3 is 15.2 Å². The van der Waals surface area contributed by atoms with Gasteiger partial charge in [-0.1, -0.05) is 17.8 Å². The molecule has 10 nitrogen and oxygen atoms in total. The quantitative estimate of drug-likeness (QED) is 0.417. The molecule has 0 aromatic heterocycles. The van der Waals surface area contributed by atoms with E-state index in [1.54, 1.807) is 0 Å². The van der Waals surface area contributed by atoms with E-state index in [1.165, 1.54) is 0 Å². The van der Waals surface area contributed by atoms with E-state index in [4.69, 9.17) is 5.11 Å². The number of ether oxygens (including phenoxy) is 1. The Morgan fingerprint density at radius 3 is 2.78 bits per heavy atom. The minimum atomic E-state index is -5.12. The van der Waals surface area contributed by atoms with Crippen LogP contribution in [0.3, 0.4) is 0 Å². The van der Waals surface area contributed by atoms with Crippen LogP contribution in [0, 0.1) is 10.1 Å². The fraction of sp³-hybridized carbons (Fsp3) is 0.231. The second kappa shape index (κ2) is 8.03. The summed E-state index contributed by atoms with van der Waals surface area (Å²) in [5.41, 5.74) is -1.28. The fourth-order valence-electron chi connectivity index (χ4n) is 1.93. The van der Waals surface area contributed by atoms with Gasteiger partial charge in [-0.3, -0.25) is 19.7 Å². The number of nitrogens with one attached hydrogen (secondary N) is 1. The van der Waals surface area contributed by atoms with Crippen molar-refractivity contribution in [3.05, 3.63) is 33.9 Å². The Bertz CT molecular complexity index is 842. The number of nitro groups is 1. The molecule has 1 aliphatic heterocycles. The standard InChI is InChI=1S/C13H9F3N4O6S/c14-13(15,16)26-7-3-1-2-6(10(7)20(24)25)5-17-19-12-18-11(23)8(27-12)4-9(21)22/h1-3,5,8H,4H2,(H,21,22)(H,18,19,23). The summed E-state index contributed by atoms with van der Waals surface area (Å²) in [4.78, 5) is 32.2. The summed E-state index contributed by atoms with van der Waals surface area (Å²) in [6.07, 6.45) is -4.75. The third kappa shape index (κ3) is 5.67. The minimum absolute atomic E-state index is 0.0483. The number of carbonyl (C=O) groups excluding carboxylic acids is 1. The molecule has 144 valence electrons. The molecule has 1 saturated heterocycles. The maximum Gasteiger partial charge on any atom is 0.573 e. The van der Waals surface area contributed by atoms with Crippen LogP contribution in [0.2, 0.25) is 0 Å². The summed E-state index contributed by atoms with van der Waals surface area (Å²) < 4.78 is 40.7. The van der Waals surface area contributed by atoms with E-state index in [1.807, 2.05) is 0 Å². The highest BCUT2D eigenvalue weighted by atomic mass is 32.2. The molecule has 0 bridgehead atoms. The number of alkyl halides is 3. The minimum Gasteiger partial charge on any atom is -0.481 e. The summed E-state index contributed by atoms with van der Waals surface area (Å²) >= 11 is 0.791. The van der Waals surface area contributed by atoms with E-state index >= 15 is 0 Å². The maximum absolute atomic E-state index is 12.4. The average molecular weight is 406 g/mol. The summed E-state index contributed by atoms with van der Waals surface area (Å²) in [6.45, 7) is 0. The van der Waals surface area contributed by atoms with Crippen LogP contribution in [0.4, 0.5) is 18.9 Å². The lowest BCUT2D eigenvalue weighted by molar-refractivity contribution is -0.388. The van der Waals surface area contributed by atoms with Crippen molar-refractivity contribution in [2.24, 2.45) is 10.2 Å². The highest BCUT2D eigenvalue weighted by molar-refractivity contribution is 8.15. The van der Waals surface area contributed by atoms with E-state index in [-0.39, 0.29) is 10.7 Å². The zero-order valence-corrected chi connectivity index (χ0v) is 13.8. The van der Waals surface area contributed by atoms with Crippen molar-refractivity contribution in [1.82, 2.24) is 5.32 Å². The average Bonchev–Trinajstić information content (AvgIpc) is 2.84. The molecule has 0 spiro atoms. The summed E-state index contributed by atoms with van der Waals surface area (Å²) in [5, 5.41) is 28.1. The molecule has 0 saturated carbocycles. The van der Waals surface area contributed by atoms with Gasteiger partial charge in [-0.05, 0) is 12.1 Å². The Balaban J connectivity index is 2.22. The highest BCUT2D eigenvalue weighted by Crippen LogP contribution is 2.34. The number of amidine groups is 1. The smallest absolute Gasteiger partial charge is 0.481 e. The molecule has 1 aromatic rings. The molecule has 1 unspecified atom stereocenters. The first kappa shape index (κ1) is 20.2. The lowest BCUT2D eigenvalue weighted by Crippen LogP contribution is -2.26. The topological polar surface area (TPSA) is 143 Å². The summed E-state index contributed by atoms with van der Waals surface area (Å²) in [6, 6.07) is 2.99.